The van der Waals surface area contributed by atoms with Gasteiger partial charge < -0.3 is 34.2 Å². The van der Waals surface area contributed by atoms with Crippen molar-refractivity contribution in [3.05, 3.63) is 59.7 Å². The molecule has 1 heterocycles. The van der Waals surface area contributed by atoms with Crippen molar-refractivity contribution in [3.8, 4) is 11.1 Å². The molecule has 1 saturated heterocycles. The van der Waals surface area contributed by atoms with E-state index in [0.29, 0.717) is 38.7 Å². The minimum atomic E-state index is -1.29. The van der Waals surface area contributed by atoms with E-state index < -0.39 is 71.9 Å². The van der Waals surface area contributed by atoms with Crippen LogP contribution in [0.25, 0.3) is 11.1 Å². The lowest BCUT2D eigenvalue weighted by molar-refractivity contribution is -0.166. The molecule has 5 amide bonds. The number of aliphatic carboxylic acids is 1. The second-order valence-corrected chi connectivity index (χ2v) is 15.8. The van der Waals surface area contributed by atoms with Crippen LogP contribution in [0.15, 0.2) is 48.5 Å². The summed E-state index contributed by atoms with van der Waals surface area (Å²) in [7, 11) is 7.50. The van der Waals surface area contributed by atoms with Gasteiger partial charge in [0.15, 0.2) is 0 Å². The number of hydrogen-bond donors (Lipinski definition) is 1. The lowest BCUT2D eigenvalue weighted by Gasteiger charge is -2.51. The summed E-state index contributed by atoms with van der Waals surface area (Å²) in [5.74, 6) is -3.68. The minimum Gasteiger partial charge on any atom is -0.481 e. The highest BCUT2D eigenvalue weighted by Gasteiger charge is 2.55. The van der Waals surface area contributed by atoms with E-state index in [-0.39, 0.29) is 31.4 Å². The van der Waals surface area contributed by atoms with Crippen molar-refractivity contribution in [2.75, 3.05) is 55.0 Å². The maximum atomic E-state index is 14.8. The molecule has 1 N–H and O–H groups in total. The number of likely N-dealkylation sites (N-methyl/N-ethyl adjacent to an activating group) is 4. The lowest BCUT2D eigenvalue weighted by Crippen LogP contribution is -2.68. The van der Waals surface area contributed by atoms with E-state index >= 15 is 0 Å². The van der Waals surface area contributed by atoms with E-state index in [9.17, 15) is 33.9 Å². The van der Waals surface area contributed by atoms with Crippen molar-refractivity contribution in [2.24, 2.45) is 5.92 Å². The number of hydrogen-bond acceptors (Lipinski definition) is 8. The number of likely N-dealkylation sites (tertiary alicyclic amines) is 1. The first-order chi connectivity index (χ1) is 27.1. The van der Waals surface area contributed by atoms with Gasteiger partial charge in [-0.3, -0.25) is 28.9 Å². The Morgan fingerprint density at radius 2 is 1.42 bits per heavy atom. The minimum absolute atomic E-state index is 0.0833. The third-order valence-corrected chi connectivity index (χ3v) is 12.5. The third-order valence-electron chi connectivity index (χ3n) is 12.5. The number of amides is 5. The van der Waals surface area contributed by atoms with Crippen molar-refractivity contribution in [1.29, 1.82) is 0 Å². The maximum absolute atomic E-state index is 14.8. The van der Waals surface area contributed by atoms with Gasteiger partial charge in [-0.05, 0) is 54.4 Å². The molecule has 5 rings (SSSR count). The van der Waals surface area contributed by atoms with Crippen LogP contribution in [0.3, 0.4) is 0 Å². The molecule has 4 atom stereocenters. The number of carboxylic acid groups (broad SMARTS) is 1. The van der Waals surface area contributed by atoms with Crippen LogP contribution in [0.2, 0.25) is 0 Å². The quantitative estimate of drug-likeness (QED) is 0.260. The first-order valence-corrected chi connectivity index (χ1v) is 20.1. The van der Waals surface area contributed by atoms with Gasteiger partial charge in [0.2, 0.25) is 23.6 Å². The molecule has 2 fully saturated rings. The Hall–Kier alpha value is -4.98. The zero-order valence-electron chi connectivity index (χ0n) is 34.6. The van der Waals surface area contributed by atoms with Gasteiger partial charge in [0, 0.05) is 54.2 Å². The first-order valence-electron chi connectivity index (χ1n) is 20.1. The molecule has 14 nitrogen and oxygen atoms in total. The summed E-state index contributed by atoms with van der Waals surface area (Å²) < 4.78 is 11.9. The highest BCUT2D eigenvalue weighted by molar-refractivity contribution is 5.98. The van der Waals surface area contributed by atoms with Gasteiger partial charge in [0.25, 0.3) is 0 Å². The highest BCUT2D eigenvalue weighted by Crippen LogP contribution is 2.45. The van der Waals surface area contributed by atoms with Crippen molar-refractivity contribution in [1.82, 2.24) is 24.5 Å². The van der Waals surface area contributed by atoms with Gasteiger partial charge in [-0.2, -0.15) is 0 Å². The molecule has 0 aromatic heterocycles. The predicted octanol–water partition coefficient (Wildman–Crippen LogP) is 4.45. The molecule has 3 aliphatic rings. The topological polar surface area (TPSA) is 157 Å². The molecule has 1 aliphatic heterocycles. The average molecular weight is 790 g/mol. The Morgan fingerprint density at radius 3 is 1.91 bits per heavy atom. The van der Waals surface area contributed by atoms with Crippen molar-refractivity contribution >= 4 is 35.7 Å². The molecular weight excluding hydrogens is 730 g/mol. The van der Waals surface area contributed by atoms with Crippen LogP contribution < -0.4 is 0 Å². The lowest BCUT2D eigenvalue weighted by atomic mass is 9.73. The number of rotatable bonds is 16. The first kappa shape index (κ1) is 43.1. The predicted molar refractivity (Wildman–Crippen MR) is 213 cm³/mol. The van der Waals surface area contributed by atoms with Crippen molar-refractivity contribution < 1.29 is 43.3 Å². The Bertz CT molecular complexity index is 1780. The Labute approximate surface area is 336 Å². The summed E-state index contributed by atoms with van der Waals surface area (Å²) in [5, 5.41) is 9.63. The standard InChI is InChI=1S/C43H59N5O9/c1-9-27(10-2)37(40(53)45(6)34(24-36(49)50)38(51)44(4)5)46(7)41(54)43(21-16-22-43)47(8)39(52)35-23-28(56-11-3)25-48(35)42(55)57-26-33-31-19-14-12-17-29(31)30-18-13-15-20-32(30)33/h12-15,17-20,27-28,33-35,37H,9-11,16,21-26H2,1-8H3,(H,49,50)/t28-,34?,35+,37?/m1/s1. The maximum Gasteiger partial charge on any atom is 0.410 e. The van der Waals surface area contributed by atoms with Gasteiger partial charge in [-0.25, -0.2) is 4.79 Å². The van der Waals surface area contributed by atoms with E-state index in [4.69, 9.17) is 9.47 Å². The molecule has 0 bridgehead atoms. The van der Waals surface area contributed by atoms with Crippen LogP contribution >= 0.6 is 0 Å². The smallest absolute Gasteiger partial charge is 0.410 e. The third kappa shape index (κ3) is 8.37. The van der Waals surface area contributed by atoms with Crippen LogP contribution in [0.5, 0.6) is 0 Å². The zero-order valence-corrected chi connectivity index (χ0v) is 34.6. The Morgan fingerprint density at radius 1 is 0.842 bits per heavy atom. The largest absolute Gasteiger partial charge is 0.481 e. The highest BCUT2D eigenvalue weighted by atomic mass is 16.6. The molecule has 2 aliphatic carbocycles. The van der Waals surface area contributed by atoms with E-state index in [1.54, 1.807) is 14.1 Å². The van der Waals surface area contributed by atoms with Gasteiger partial charge in [-0.1, -0.05) is 75.2 Å². The van der Waals surface area contributed by atoms with Gasteiger partial charge >= 0.3 is 12.1 Å². The average Bonchev–Trinajstić information content (AvgIpc) is 3.75. The normalized spacial score (nSPS) is 19.1. The van der Waals surface area contributed by atoms with E-state index in [1.165, 1.54) is 40.7 Å². The number of carbonyl (C=O) groups is 6. The molecule has 310 valence electrons. The number of fused-ring (bicyclic) bond motifs is 3. The second kappa shape index (κ2) is 18.1. The molecular formula is C43H59N5O9. The van der Waals surface area contributed by atoms with Crippen molar-refractivity contribution in [3.63, 3.8) is 0 Å². The summed E-state index contributed by atoms with van der Waals surface area (Å²) in [6, 6.07) is 12.9. The summed E-state index contributed by atoms with van der Waals surface area (Å²) in [4.78, 5) is 89.3. The summed E-state index contributed by atoms with van der Waals surface area (Å²) in [5.41, 5.74) is 3.05. The summed E-state index contributed by atoms with van der Waals surface area (Å²) >= 11 is 0. The molecule has 2 aromatic carbocycles. The Balaban J connectivity index is 1.38. The van der Waals surface area contributed by atoms with E-state index in [2.05, 4.69) is 12.1 Å². The van der Waals surface area contributed by atoms with Gasteiger partial charge in [0.1, 0.15) is 30.3 Å². The number of benzene rings is 2. The van der Waals surface area contributed by atoms with E-state index in [1.807, 2.05) is 57.2 Å². The van der Waals surface area contributed by atoms with Gasteiger partial charge in [0.05, 0.1) is 19.1 Å². The summed E-state index contributed by atoms with van der Waals surface area (Å²) in [6.07, 6.45) is 1.01. The van der Waals surface area contributed by atoms with Crippen molar-refractivity contribution in [2.45, 2.75) is 101 Å². The number of carbonyl (C=O) groups excluding carboxylic acids is 5. The van der Waals surface area contributed by atoms with E-state index in [0.717, 1.165) is 27.2 Å². The molecule has 2 unspecified atom stereocenters. The second-order valence-electron chi connectivity index (χ2n) is 15.8. The van der Waals surface area contributed by atoms with Crippen LogP contribution in [0, 0.1) is 5.92 Å². The zero-order chi connectivity index (χ0) is 41.8. The SMILES string of the molecule is CCO[C@@H]1C[C@@H](C(=O)N(C)C2(C(=O)N(C)C(C(=O)N(C)C(CC(=O)O)C(=O)N(C)C)C(CC)CC)CCC2)N(C(=O)OCC2c3ccccc3-c3ccccc32)C1. The molecule has 0 radical (unpaired) electrons. The number of nitrogens with zero attached hydrogens (tertiary/aromatic N) is 5. The van der Waals surface area contributed by atoms with Gasteiger partial charge in [-0.15, -0.1) is 0 Å². The monoisotopic (exact) mass is 789 g/mol. The fourth-order valence-electron chi connectivity index (χ4n) is 8.99. The molecule has 14 heteroatoms. The molecule has 57 heavy (non-hydrogen) atoms. The Kier molecular flexibility index (Phi) is 13.7. The number of carboxylic acids is 1. The number of ether oxygens (including phenoxy) is 2. The fourth-order valence-corrected chi connectivity index (χ4v) is 8.99. The molecule has 0 spiro atoms. The van der Waals surface area contributed by atoms with Crippen LogP contribution in [0.1, 0.15) is 82.8 Å². The van der Waals surface area contributed by atoms with Crippen LogP contribution in [0.4, 0.5) is 4.79 Å². The summed E-state index contributed by atoms with van der Waals surface area (Å²) in [6.45, 7) is 6.30. The van der Waals surface area contributed by atoms with Crippen LogP contribution in [-0.4, -0.2) is 150 Å². The molecule has 1 saturated carbocycles. The molecule has 2 aromatic rings. The van der Waals surface area contributed by atoms with Crippen LogP contribution in [-0.2, 0) is 33.4 Å². The fraction of sp³-hybridized carbons (Fsp3) is 0.581.